The number of carboxylic acids is 1. The molecule has 1 aliphatic heterocycles. The predicted molar refractivity (Wildman–Crippen MR) is 87.8 cm³/mol. The quantitative estimate of drug-likeness (QED) is 0.833. The molecule has 24 heavy (non-hydrogen) atoms. The van der Waals surface area contributed by atoms with E-state index in [9.17, 15) is 19.1 Å². The van der Waals surface area contributed by atoms with Gasteiger partial charge in [0.05, 0.1) is 6.54 Å². The van der Waals surface area contributed by atoms with E-state index in [1.165, 1.54) is 23.1 Å². The summed E-state index contributed by atoms with van der Waals surface area (Å²) >= 11 is 0. The van der Waals surface area contributed by atoms with E-state index in [1.807, 2.05) is 13.8 Å². The molecule has 1 atom stereocenters. The number of amides is 1. The van der Waals surface area contributed by atoms with Gasteiger partial charge in [-0.05, 0) is 18.4 Å². The van der Waals surface area contributed by atoms with E-state index in [-0.39, 0.29) is 29.5 Å². The number of nitrogens with zero attached hydrogens (tertiary/aromatic N) is 1. The first kappa shape index (κ1) is 17.7. The van der Waals surface area contributed by atoms with Crippen LogP contribution in [0.15, 0.2) is 36.6 Å². The molecule has 1 heterocycles. The molecule has 0 saturated carbocycles. The Morgan fingerprint density at radius 3 is 2.79 bits per heavy atom. The molecule has 0 bridgehead atoms. The highest BCUT2D eigenvalue weighted by molar-refractivity contribution is 5.94. The number of hydrogen-bond acceptors (Lipinski definition) is 3. The van der Waals surface area contributed by atoms with Gasteiger partial charge in [-0.15, -0.1) is 0 Å². The third-order valence-corrected chi connectivity index (χ3v) is 3.70. The number of hydrogen-bond donors (Lipinski definition) is 1. The summed E-state index contributed by atoms with van der Waals surface area (Å²) in [5, 5.41) is 9.36. The van der Waals surface area contributed by atoms with Crippen LogP contribution in [0.1, 0.15) is 25.8 Å². The number of benzene rings is 1. The molecule has 0 aromatic heterocycles. The van der Waals surface area contributed by atoms with Gasteiger partial charge in [-0.1, -0.05) is 38.6 Å². The standard InChI is InChI=1S/C18H20FNO4/c1-4-12-6-5-7-15(17(12)19)24-13-9-16(21)20(10-13)14(18(22)23)8-11(2)3/h4-7,9,11,14H,1,8,10H2,2-3H3,(H,22,23)/t14-/m0/s1. The van der Waals surface area contributed by atoms with Crippen molar-refractivity contribution in [3.63, 3.8) is 0 Å². The van der Waals surface area contributed by atoms with Crippen LogP contribution in [-0.2, 0) is 9.59 Å². The van der Waals surface area contributed by atoms with Crippen LogP contribution in [0, 0.1) is 11.7 Å². The van der Waals surface area contributed by atoms with E-state index in [1.54, 1.807) is 12.1 Å². The number of carbonyl (C=O) groups excluding carboxylic acids is 1. The van der Waals surface area contributed by atoms with E-state index in [0.717, 1.165) is 0 Å². The summed E-state index contributed by atoms with van der Waals surface area (Å²) in [6, 6.07) is 3.68. The lowest BCUT2D eigenvalue weighted by Gasteiger charge is -2.25. The van der Waals surface area contributed by atoms with Crippen LogP contribution in [-0.4, -0.2) is 34.5 Å². The van der Waals surface area contributed by atoms with E-state index in [2.05, 4.69) is 6.58 Å². The first-order valence-electron chi connectivity index (χ1n) is 7.66. The topological polar surface area (TPSA) is 66.8 Å². The minimum absolute atomic E-state index is 0.000275. The highest BCUT2D eigenvalue weighted by Crippen LogP contribution is 2.26. The summed E-state index contributed by atoms with van der Waals surface area (Å²) in [4.78, 5) is 24.8. The Morgan fingerprint density at radius 1 is 1.50 bits per heavy atom. The predicted octanol–water partition coefficient (Wildman–Crippen LogP) is 3.07. The van der Waals surface area contributed by atoms with Gasteiger partial charge in [-0.2, -0.15) is 0 Å². The van der Waals surface area contributed by atoms with Gasteiger partial charge in [0.1, 0.15) is 11.8 Å². The molecule has 1 aromatic rings. The third kappa shape index (κ3) is 3.82. The molecule has 0 spiro atoms. The van der Waals surface area contributed by atoms with Crippen molar-refractivity contribution in [2.45, 2.75) is 26.3 Å². The summed E-state index contributed by atoms with van der Waals surface area (Å²) in [6.07, 6.45) is 2.91. The lowest BCUT2D eigenvalue weighted by atomic mass is 10.0. The molecular weight excluding hydrogens is 313 g/mol. The molecule has 1 aromatic carbocycles. The van der Waals surface area contributed by atoms with Crippen molar-refractivity contribution in [2.24, 2.45) is 5.92 Å². The lowest BCUT2D eigenvalue weighted by Crippen LogP contribution is -2.43. The Kier molecular flexibility index (Phi) is 5.39. The third-order valence-electron chi connectivity index (χ3n) is 3.70. The van der Waals surface area contributed by atoms with Gasteiger partial charge in [0.2, 0.25) is 0 Å². The molecule has 0 aliphatic carbocycles. The molecule has 0 radical (unpaired) electrons. The Morgan fingerprint density at radius 2 is 2.21 bits per heavy atom. The molecule has 1 N–H and O–H groups in total. The first-order valence-corrected chi connectivity index (χ1v) is 7.66. The lowest BCUT2D eigenvalue weighted by molar-refractivity contribution is -0.148. The summed E-state index contributed by atoms with van der Waals surface area (Å²) in [7, 11) is 0. The van der Waals surface area contributed by atoms with Crippen molar-refractivity contribution in [2.75, 3.05) is 6.54 Å². The van der Waals surface area contributed by atoms with Crippen LogP contribution in [0.5, 0.6) is 5.75 Å². The van der Waals surface area contributed by atoms with Crippen molar-refractivity contribution in [1.29, 1.82) is 0 Å². The van der Waals surface area contributed by atoms with Crippen LogP contribution in [0.25, 0.3) is 6.08 Å². The van der Waals surface area contributed by atoms with Crippen LogP contribution in [0.3, 0.4) is 0 Å². The fourth-order valence-electron chi connectivity index (χ4n) is 2.55. The minimum atomic E-state index is -1.06. The van der Waals surface area contributed by atoms with Gasteiger partial charge in [0.15, 0.2) is 11.6 Å². The largest absolute Gasteiger partial charge is 0.480 e. The molecule has 0 fully saturated rings. The number of halogens is 1. The van der Waals surface area contributed by atoms with E-state index < -0.39 is 23.7 Å². The van der Waals surface area contributed by atoms with Gasteiger partial charge < -0.3 is 14.7 Å². The summed E-state index contributed by atoms with van der Waals surface area (Å²) in [6.45, 7) is 7.29. The highest BCUT2D eigenvalue weighted by atomic mass is 19.1. The first-order chi connectivity index (χ1) is 11.3. The monoisotopic (exact) mass is 333 g/mol. The second-order valence-corrected chi connectivity index (χ2v) is 6.03. The van der Waals surface area contributed by atoms with Crippen molar-refractivity contribution in [3.8, 4) is 5.75 Å². The number of ether oxygens (including phenoxy) is 1. The highest BCUT2D eigenvalue weighted by Gasteiger charge is 2.34. The fraction of sp³-hybridized carbons (Fsp3) is 0.333. The molecule has 0 saturated heterocycles. The number of carbonyl (C=O) groups is 2. The number of aliphatic carboxylic acids is 1. The van der Waals surface area contributed by atoms with Crippen molar-refractivity contribution < 1.29 is 23.8 Å². The van der Waals surface area contributed by atoms with Crippen molar-refractivity contribution in [1.82, 2.24) is 4.90 Å². The van der Waals surface area contributed by atoms with Gasteiger partial charge in [-0.3, -0.25) is 4.79 Å². The van der Waals surface area contributed by atoms with Crippen LogP contribution in [0.2, 0.25) is 0 Å². The SMILES string of the molecule is C=Cc1cccc(OC2=CC(=O)N([C@@H](CC(C)C)C(=O)O)C2)c1F. The van der Waals surface area contributed by atoms with E-state index in [4.69, 9.17) is 4.74 Å². The Balaban J connectivity index is 2.15. The van der Waals surface area contributed by atoms with Crippen molar-refractivity contribution >= 4 is 18.0 Å². The number of carboxylic acid groups (broad SMARTS) is 1. The van der Waals surface area contributed by atoms with E-state index in [0.29, 0.717) is 6.42 Å². The summed E-state index contributed by atoms with van der Waals surface area (Å²) < 4.78 is 19.6. The summed E-state index contributed by atoms with van der Waals surface area (Å²) in [5.74, 6) is -1.77. The molecule has 128 valence electrons. The molecular formula is C18H20FNO4. The second kappa shape index (κ2) is 7.29. The zero-order valence-electron chi connectivity index (χ0n) is 13.7. The van der Waals surface area contributed by atoms with Gasteiger partial charge >= 0.3 is 5.97 Å². The summed E-state index contributed by atoms with van der Waals surface area (Å²) in [5.41, 5.74) is 0.289. The normalized spacial score (nSPS) is 15.4. The van der Waals surface area contributed by atoms with Crippen molar-refractivity contribution in [3.05, 3.63) is 48.0 Å². The zero-order valence-corrected chi connectivity index (χ0v) is 13.7. The molecule has 1 amide bonds. The van der Waals surface area contributed by atoms with Gasteiger partial charge in [-0.25, -0.2) is 9.18 Å². The van der Waals surface area contributed by atoms with Crippen LogP contribution < -0.4 is 4.74 Å². The Hall–Kier alpha value is -2.63. The van der Waals surface area contributed by atoms with E-state index >= 15 is 0 Å². The maximum absolute atomic E-state index is 14.2. The second-order valence-electron chi connectivity index (χ2n) is 6.03. The van der Waals surface area contributed by atoms with Gasteiger partial charge in [0, 0.05) is 11.6 Å². The molecule has 0 unspecified atom stereocenters. The average Bonchev–Trinajstić information content (AvgIpc) is 2.87. The van der Waals surface area contributed by atoms with Crippen LogP contribution in [0.4, 0.5) is 4.39 Å². The molecule has 5 nitrogen and oxygen atoms in total. The molecule has 1 aliphatic rings. The van der Waals surface area contributed by atoms with Gasteiger partial charge in [0.25, 0.3) is 5.91 Å². The Bertz CT molecular complexity index is 696. The fourth-order valence-corrected chi connectivity index (χ4v) is 2.55. The molecule has 6 heteroatoms. The zero-order chi connectivity index (χ0) is 17.9. The average molecular weight is 333 g/mol. The molecule has 2 rings (SSSR count). The van der Waals surface area contributed by atoms with Crippen LogP contribution >= 0.6 is 0 Å². The number of rotatable bonds is 7. The maximum Gasteiger partial charge on any atom is 0.326 e. The maximum atomic E-state index is 14.2. The smallest absolute Gasteiger partial charge is 0.326 e. The minimum Gasteiger partial charge on any atom is -0.480 e. The Labute approximate surface area is 140 Å².